The number of hydrogen-bond donors (Lipinski definition) is 0. The highest BCUT2D eigenvalue weighted by atomic mass is 16.5. The zero-order valence-electron chi connectivity index (χ0n) is 15.3. The van der Waals surface area contributed by atoms with Crippen molar-refractivity contribution >= 4 is 5.97 Å². The molecule has 0 unspecified atom stereocenters. The van der Waals surface area contributed by atoms with E-state index in [1.165, 1.54) is 29.5 Å². The van der Waals surface area contributed by atoms with Crippen LogP contribution in [0.4, 0.5) is 0 Å². The van der Waals surface area contributed by atoms with Crippen LogP contribution in [0.1, 0.15) is 76.1 Å². The van der Waals surface area contributed by atoms with Crippen LogP contribution in [0.25, 0.3) is 0 Å². The highest BCUT2D eigenvalue weighted by Crippen LogP contribution is 2.46. The van der Waals surface area contributed by atoms with Gasteiger partial charge in [0, 0.05) is 5.56 Å². The van der Waals surface area contributed by atoms with Gasteiger partial charge in [-0.05, 0) is 60.3 Å². The highest BCUT2D eigenvalue weighted by Gasteiger charge is 2.37. The average Bonchev–Trinajstić information content (AvgIpc) is 2.45. The van der Waals surface area contributed by atoms with Gasteiger partial charge in [-0.25, -0.2) is 0 Å². The molecular weight excluding hydrogens is 284 g/mol. The van der Waals surface area contributed by atoms with Crippen molar-refractivity contribution in [2.45, 2.75) is 71.6 Å². The second kappa shape index (κ2) is 6.40. The van der Waals surface area contributed by atoms with Crippen LogP contribution in [0.3, 0.4) is 0 Å². The molecule has 2 nitrogen and oxygen atoms in total. The molecule has 0 aliphatic heterocycles. The fourth-order valence-corrected chi connectivity index (χ4v) is 3.28. The number of carbonyl (C=O) groups is 1. The maximum Gasteiger partial charge on any atom is 0.317 e. The Balaban J connectivity index is 2.38. The molecule has 124 valence electrons. The number of ether oxygens (including phenoxy) is 1. The second-order valence-electron chi connectivity index (χ2n) is 7.76. The molecule has 0 N–H and O–H groups in total. The number of rotatable bonds is 2. The SMILES string of the molecule is CCOC(=O)CC#Cc1cc2c(cc1C)C(C)(C)CCC2(C)C. The number of fused-ring (bicyclic) bond motifs is 1. The molecule has 1 aliphatic carbocycles. The smallest absolute Gasteiger partial charge is 0.317 e. The molecule has 0 radical (unpaired) electrons. The standard InChI is InChI=1S/C21H28O2/c1-7-23-19(22)10-8-9-16-14-18-17(13-15(16)2)20(3,4)11-12-21(18,5)6/h13-14H,7,10-12H2,1-6H3. The second-order valence-corrected chi connectivity index (χ2v) is 7.76. The van der Waals surface area contributed by atoms with Crippen LogP contribution >= 0.6 is 0 Å². The first-order valence-electron chi connectivity index (χ1n) is 8.47. The van der Waals surface area contributed by atoms with Crippen LogP contribution < -0.4 is 0 Å². The summed E-state index contributed by atoms with van der Waals surface area (Å²) in [6, 6.07) is 4.54. The molecule has 23 heavy (non-hydrogen) atoms. The van der Waals surface area contributed by atoms with Gasteiger partial charge in [-0.2, -0.15) is 0 Å². The van der Waals surface area contributed by atoms with Crippen molar-refractivity contribution in [3.05, 3.63) is 34.4 Å². The predicted molar refractivity (Wildman–Crippen MR) is 94.6 cm³/mol. The van der Waals surface area contributed by atoms with E-state index < -0.39 is 0 Å². The van der Waals surface area contributed by atoms with Crippen molar-refractivity contribution in [1.82, 2.24) is 0 Å². The van der Waals surface area contributed by atoms with Crippen molar-refractivity contribution in [1.29, 1.82) is 0 Å². The van der Waals surface area contributed by atoms with Crippen LogP contribution in [0, 0.1) is 18.8 Å². The van der Waals surface area contributed by atoms with Gasteiger partial charge in [0.05, 0.1) is 6.61 Å². The molecular formula is C21H28O2. The Morgan fingerprint density at radius 3 is 2.26 bits per heavy atom. The topological polar surface area (TPSA) is 26.3 Å². The van der Waals surface area contributed by atoms with E-state index in [1.54, 1.807) is 0 Å². The minimum Gasteiger partial charge on any atom is -0.465 e. The summed E-state index contributed by atoms with van der Waals surface area (Å²) < 4.78 is 4.92. The van der Waals surface area contributed by atoms with E-state index in [4.69, 9.17) is 4.74 Å². The molecule has 2 heteroatoms. The van der Waals surface area contributed by atoms with Gasteiger partial charge in [-0.15, -0.1) is 0 Å². The molecule has 0 saturated heterocycles. The minimum atomic E-state index is -0.253. The number of benzene rings is 1. The number of aryl methyl sites for hydroxylation is 1. The Hall–Kier alpha value is -1.75. The van der Waals surface area contributed by atoms with Crippen molar-refractivity contribution in [3.63, 3.8) is 0 Å². The van der Waals surface area contributed by atoms with Gasteiger partial charge >= 0.3 is 5.97 Å². The van der Waals surface area contributed by atoms with Crippen molar-refractivity contribution in [2.75, 3.05) is 6.61 Å². The van der Waals surface area contributed by atoms with Gasteiger partial charge in [0.15, 0.2) is 0 Å². The summed E-state index contributed by atoms with van der Waals surface area (Å²) in [5.74, 6) is 5.87. The normalized spacial score (nSPS) is 17.7. The number of hydrogen-bond acceptors (Lipinski definition) is 2. The van der Waals surface area contributed by atoms with Crippen LogP contribution in [0.15, 0.2) is 12.1 Å². The molecule has 1 aliphatic rings. The fourth-order valence-electron chi connectivity index (χ4n) is 3.28. The first-order valence-corrected chi connectivity index (χ1v) is 8.47. The first-order chi connectivity index (χ1) is 10.7. The molecule has 0 fully saturated rings. The summed E-state index contributed by atoms with van der Waals surface area (Å²) in [6.07, 6.45) is 2.55. The average molecular weight is 312 g/mol. The fraction of sp³-hybridized carbons (Fsp3) is 0.571. The molecule has 0 bridgehead atoms. The summed E-state index contributed by atoms with van der Waals surface area (Å²) in [4.78, 5) is 11.4. The lowest BCUT2D eigenvalue weighted by molar-refractivity contribution is -0.141. The van der Waals surface area contributed by atoms with Gasteiger partial charge in [0.25, 0.3) is 0 Å². The van der Waals surface area contributed by atoms with E-state index in [1.807, 2.05) is 6.92 Å². The van der Waals surface area contributed by atoms with Crippen molar-refractivity contribution in [3.8, 4) is 11.8 Å². The van der Waals surface area contributed by atoms with Gasteiger partial charge in [-0.3, -0.25) is 4.79 Å². The van der Waals surface area contributed by atoms with Gasteiger partial charge in [-0.1, -0.05) is 45.6 Å². The maximum atomic E-state index is 11.4. The third-order valence-electron chi connectivity index (χ3n) is 4.96. The van der Waals surface area contributed by atoms with Gasteiger partial charge < -0.3 is 4.74 Å². The Kier molecular flexibility index (Phi) is 4.90. The summed E-state index contributed by atoms with van der Waals surface area (Å²) in [5, 5.41) is 0. The van der Waals surface area contributed by atoms with Crippen LogP contribution in [0.5, 0.6) is 0 Å². The van der Waals surface area contributed by atoms with E-state index >= 15 is 0 Å². The Bertz CT molecular complexity index is 669. The molecule has 1 aromatic carbocycles. The molecule has 0 aromatic heterocycles. The van der Waals surface area contributed by atoms with Crippen molar-refractivity contribution in [2.24, 2.45) is 0 Å². The molecule has 0 heterocycles. The molecule has 2 rings (SSSR count). The lowest BCUT2D eigenvalue weighted by Crippen LogP contribution is -2.34. The van der Waals surface area contributed by atoms with Crippen LogP contribution in [0.2, 0.25) is 0 Å². The maximum absolute atomic E-state index is 11.4. The quantitative estimate of drug-likeness (QED) is 0.587. The van der Waals surface area contributed by atoms with E-state index in [-0.39, 0.29) is 23.2 Å². The zero-order chi connectivity index (χ0) is 17.3. The van der Waals surface area contributed by atoms with Crippen molar-refractivity contribution < 1.29 is 9.53 Å². The Morgan fingerprint density at radius 1 is 1.13 bits per heavy atom. The van der Waals surface area contributed by atoms with E-state index in [0.717, 1.165) is 5.56 Å². The molecule has 1 aromatic rings. The number of carbonyl (C=O) groups excluding carboxylic acids is 1. The Morgan fingerprint density at radius 2 is 1.70 bits per heavy atom. The summed E-state index contributed by atoms with van der Waals surface area (Å²) in [5.41, 5.74) is 5.45. The largest absolute Gasteiger partial charge is 0.465 e. The summed E-state index contributed by atoms with van der Waals surface area (Å²) in [7, 11) is 0. The molecule has 0 saturated carbocycles. The van der Waals surface area contributed by atoms with Gasteiger partial charge in [0.2, 0.25) is 0 Å². The predicted octanol–water partition coefficient (Wildman–Crippen LogP) is 4.65. The molecule has 0 atom stereocenters. The highest BCUT2D eigenvalue weighted by molar-refractivity contribution is 5.72. The Labute approximate surface area is 140 Å². The summed E-state index contributed by atoms with van der Waals surface area (Å²) >= 11 is 0. The molecule has 0 spiro atoms. The zero-order valence-corrected chi connectivity index (χ0v) is 15.3. The van der Waals surface area contributed by atoms with E-state index in [2.05, 4.69) is 58.6 Å². The van der Waals surface area contributed by atoms with E-state index in [9.17, 15) is 4.79 Å². The monoisotopic (exact) mass is 312 g/mol. The number of esters is 1. The van der Waals surface area contributed by atoms with Crippen LogP contribution in [-0.4, -0.2) is 12.6 Å². The first kappa shape index (κ1) is 17.6. The lowest BCUT2D eigenvalue weighted by Gasteiger charge is -2.42. The third-order valence-corrected chi connectivity index (χ3v) is 4.96. The van der Waals surface area contributed by atoms with E-state index in [0.29, 0.717) is 6.61 Å². The lowest BCUT2D eigenvalue weighted by atomic mass is 9.62. The third kappa shape index (κ3) is 3.78. The van der Waals surface area contributed by atoms with Crippen LogP contribution in [-0.2, 0) is 20.4 Å². The van der Waals surface area contributed by atoms with Gasteiger partial charge in [0.1, 0.15) is 6.42 Å². The molecule has 0 amide bonds. The minimum absolute atomic E-state index is 0.152. The summed E-state index contributed by atoms with van der Waals surface area (Å²) in [6.45, 7) is 13.6.